The maximum Gasteiger partial charge on any atom is 0.420 e. The molecule has 1 aromatic carbocycles. The fourth-order valence-corrected chi connectivity index (χ4v) is 1.73. The van der Waals surface area contributed by atoms with E-state index in [4.69, 9.17) is 4.74 Å². The summed E-state index contributed by atoms with van der Waals surface area (Å²) in [5.41, 5.74) is -0.769. The second-order valence-electron chi connectivity index (χ2n) is 3.62. The monoisotopic (exact) mass is 311 g/mol. The van der Waals surface area contributed by atoms with Crippen LogP contribution in [0.5, 0.6) is 5.75 Å². The van der Waals surface area contributed by atoms with E-state index in [0.717, 1.165) is 6.07 Å². The lowest BCUT2D eigenvalue weighted by molar-refractivity contribution is -0.139. The van der Waals surface area contributed by atoms with E-state index in [0.29, 0.717) is 11.0 Å². The van der Waals surface area contributed by atoms with Gasteiger partial charge in [0.1, 0.15) is 11.9 Å². The molecule has 0 saturated heterocycles. The zero-order valence-corrected chi connectivity index (χ0v) is 11.0. The van der Waals surface area contributed by atoms with Crippen molar-refractivity contribution in [3.63, 3.8) is 0 Å². The van der Waals surface area contributed by atoms with Gasteiger partial charge >= 0.3 is 6.18 Å². The van der Waals surface area contributed by atoms with Crippen molar-refractivity contribution >= 4 is 15.9 Å². The Hall–Kier alpha value is -0.750. The van der Waals surface area contributed by atoms with Crippen molar-refractivity contribution in [1.82, 2.24) is 5.32 Å². The van der Waals surface area contributed by atoms with Crippen LogP contribution in [0.3, 0.4) is 0 Å². The standard InChI is InChI=1S/C11H13BrF3NO/c1-7(6-16-2)17-10-4-3-8(12)5-9(10)11(13,14)15/h3-5,7,16H,6H2,1-2H3. The van der Waals surface area contributed by atoms with E-state index >= 15 is 0 Å². The molecule has 2 nitrogen and oxygen atoms in total. The van der Waals surface area contributed by atoms with Crippen molar-refractivity contribution in [2.45, 2.75) is 19.2 Å². The van der Waals surface area contributed by atoms with E-state index in [1.165, 1.54) is 12.1 Å². The van der Waals surface area contributed by atoms with Crippen LogP contribution in [0, 0.1) is 0 Å². The Morgan fingerprint density at radius 1 is 1.41 bits per heavy atom. The van der Waals surface area contributed by atoms with Crippen LogP contribution < -0.4 is 10.1 Å². The molecular formula is C11H13BrF3NO. The minimum Gasteiger partial charge on any atom is -0.489 e. The Labute approximate surface area is 106 Å². The fraction of sp³-hybridized carbons (Fsp3) is 0.455. The lowest BCUT2D eigenvalue weighted by Gasteiger charge is -2.18. The largest absolute Gasteiger partial charge is 0.489 e. The Bertz CT molecular complexity index is 381. The van der Waals surface area contributed by atoms with Crippen LogP contribution in [0.1, 0.15) is 12.5 Å². The van der Waals surface area contributed by atoms with E-state index in [2.05, 4.69) is 21.2 Å². The van der Waals surface area contributed by atoms with Crippen LogP contribution in [-0.4, -0.2) is 19.7 Å². The molecule has 0 bridgehead atoms. The average Bonchev–Trinajstić information content (AvgIpc) is 2.19. The molecular weight excluding hydrogens is 299 g/mol. The summed E-state index contributed by atoms with van der Waals surface area (Å²) in [7, 11) is 1.71. The van der Waals surface area contributed by atoms with Crippen molar-refractivity contribution in [2.24, 2.45) is 0 Å². The van der Waals surface area contributed by atoms with Gasteiger partial charge in [-0.25, -0.2) is 0 Å². The van der Waals surface area contributed by atoms with Gasteiger partial charge in [-0.1, -0.05) is 15.9 Å². The van der Waals surface area contributed by atoms with E-state index < -0.39 is 11.7 Å². The topological polar surface area (TPSA) is 21.3 Å². The molecule has 1 atom stereocenters. The summed E-state index contributed by atoms with van der Waals surface area (Å²) in [6, 6.07) is 3.86. The van der Waals surface area contributed by atoms with Gasteiger partial charge in [-0.15, -0.1) is 0 Å². The van der Waals surface area contributed by atoms with Crippen LogP contribution in [0.4, 0.5) is 13.2 Å². The summed E-state index contributed by atoms with van der Waals surface area (Å²) in [5.74, 6) is -0.150. The summed E-state index contributed by atoms with van der Waals surface area (Å²) in [6.45, 7) is 2.19. The van der Waals surface area contributed by atoms with Crippen molar-refractivity contribution in [3.05, 3.63) is 28.2 Å². The third kappa shape index (κ3) is 4.20. The Morgan fingerprint density at radius 2 is 2.06 bits per heavy atom. The molecule has 1 unspecified atom stereocenters. The molecule has 6 heteroatoms. The fourth-order valence-electron chi connectivity index (χ4n) is 1.37. The molecule has 0 heterocycles. The first kappa shape index (κ1) is 14.3. The van der Waals surface area contributed by atoms with Gasteiger partial charge in [0.15, 0.2) is 0 Å². The first-order chi connectivity index (χ1) is 7.84. The van der Waals surface area contributed by atoms with Crippen molar-refractivity contribution in [2.75, 3.05) is 13.6 Å². The van der Waals surface area contributed by atoms with Crippen molar-refractivity contribution in [3.8, 4) is 5.75 Å². The first-order valence-electron chi connectivity index (χ1n) is 5.02. The van der Waals surface area contributed by atoms with Gasteiger partial charge in [-0.3, -0.25) is 0 Å². The second-order valence-corrected chi connectivity index (χ2v) is 4.54. The van der Waals surface area contributed by atoms with E-state index in [-0.39, 0.29) is 11.9 Å². The minimum atomic E-state index is -4.42. The van der Waals surface area contributed by atoms with E-state index in [9.17, 15) is 13.2 Å². The molecule has 0 fully saturated rings. The second kappa shape index (κ2) is 5.73. The van der Waals surface area contributed by atoms with Gasteiger partial charge in [0, 0.05) is 11.0 Å². The molecule has 0 aliphatic carbocycles. The van der Waals surface area contributed by atoms with Gasteiger partial charge in [0.25, 0.3) is 0 Å². The number of halogens is 4. The molecule has 0 aromatic heterocycles. The molecule has 0 amide bonds. The number of alkyl halides is 3. The molecule has 0 aliphatic rings. The number of hydrogen-bond acceptors (Lipinski definition) is 2. The summed E-state index contributed by atoms with van der Waals surface area (Å²) in [6.07, 6.45) is -4.75. The summed E-state index contributed by atoms with van der Waals surface area (Å²) in [4.78, 5) is 0. The number of hydrogen-bond donors (Lipinski definition) is 1. The average molecular weight is 312 g/mol. The van der Waals surface area contributed by atoms with Crippen LogP contribution in [-0.2, 0) is 6.18 Å². The van der Waals surface area contributed by atoms with E-state index in [1.54, 1.807) is 14.0 Å². The Morgan fingerprint density at radius 3 is 2.59 bits per heavy atom. The highest BCUT2D eigenvalue weighted by atomic mass is 79.9. The van der Waals surface area contributed by atoms with Crippen molar-refractivity contribution in [1.29, 1.82) is 0 Å². The number of benzene rings is 1. The van der Waals surface area contributed by atoms with Crippen LogP contribution >= 0.6 is 15.9 Å². The van der Waals surface area contributed by atoms with Gasteiger partial charge in [-0.2, -0.15) is 13.2 Å². The number of rotatable bonds is 4. The highest BCUT2D eigenvalue weighted by Crippen LogP contribution is 2.38. The molecule has 1 rings (SSSR count). The lowest BCUT2D eigenvalue weighted by Crippen LogP contribution is -2.27. The van der Waals surface area contributed by atoms with Gasteiger partial charge in [0.2, 0.25) is 0 Å². The van der Waals surface area contributed by atoms with E-state index in [1.807, 2.05) is 0 Å². The smallest absolute Gasteiger partial charge is 0.420 e. The number of ether oxygens (including phenoxy) is 1. The van der Waals surface area contributed by atoms with Gasteiger partial charge in [-0.05, 0) is 32.2 Å². The number of likely N-dealkylation sites (N-methyl/N-ethyl adjacent to an activating group) is 1. The molecule has 0 spiro atoms. The van der Waals surface area contributed by atoms with Crippen LogP contribution in [0.15, 0.2) is 22.7 Å². The highest BCUT2D eigenvalue weighted by Gasteiger charge is 2.34. The van der Waals surface area contributed by atoms with Gasteiger partial charge in [0.05, 0.1) is 5.56 Å². The summed E-state index contributed by atoms with van der Waals surface area (Å²) >= 11 is 3.02. The zero-order chi connectivity index (χ0) is 13.1. The van der Waals surface area contributed by atoms with Crippen LogP contribution in [0.25, 0.3) is 0 Å². The molecule has 0 aliphatic heterocycles. The molecule has 1 aromatic rings. The number of nitrogens with one attached hydrogen (secondary N) is 1. The highest BCUT2D eigenvalue weighted by molar-refractivity contribution is 9.10. The normalized spacial score (nSPS) is 13.5. The first-order valence-corrected chi connectivity index (χ1v) is 5.82. The Kier molecular flexibility index (Phi) is 4.82. The summed E-state index contributed by atoms with van der Waals surface area (Å²) < 4.78 is 43.9. The zero-order valence-electron chi connectivity index (χ0n) is 9.44. The maximum absolute atomic E-state index is 12.7. The minimum absolute atomic E-state index is 0.150. The molecule has 17 heavy (non-hydrogen) atoms. The quantitative estimate of drug-likeness (QED) is 0.919. The predicted octanol–water partition coefficient (Wildman–Crippen LogP) is 3.45. The maximum atomic E-state index is 12.7. The molecule has 96 valence electrons. The Balaban J connectivity index is 2.99. The third-order valence-corrected chi connectivity index (χ3v) is 2.56. The summed E-state index contributed by atoms with van der Waals surface area (Å²) in [5, 5.41) is 2.84. The molecule has 0 saturated carbocycles. The van der Waals surface area contributed by atoms with Gasteiger partial charge < -0.3 is 10.1 Å². The lowest BCUT2D eigenvalue weighted by atomic mass is 10.2. The third-order valence-electron chi connectivity index (χ3n) is 2.07. The SMILES string of the molecule is CNCC(C)Oc1ccc(Br)cc1C(F)(F)F. The molecule has 1 N–H and O–H groups in total. The molecule has 0 radical (unpaired) electrons. The van der Waals surface area contributed by atoms with Crippen molar-refractivity contribution < 1.29 is 17.9 Å². The predicted molar refractivity (Wildman–Crippen MR) is 63.2 cm³/mol. The van der Waals surface area contributed by atoms with Crippen LogP contribution in [0.2, 0.25) is 0 Å².